The number of aromatic nitrogens is 1. The van der Waals surface area contributed by atoms with Crippen LogP contribution in [0.15, 0.2) is 53.9 Å². The lowest BCUT2D eigenvalue weighted by atomic mass is 10.1. The minimum Gasteiger partial charge on any atom is -0.241 e. The Morgan fingerprint density at radius 2 is 1.75 bits per heavy atom. The fourth-order valence-corrected chi connectivity index (χ4v) is 2.77. The Morgan fingerprint density at radius 3 is 2.50 bits per heavy atom. The van der Waals surface area contributed by atoms with Gasteiger partial charge in [0, 0.05) is 17.4 Å². The lowest BCUT2D eigenvalue weighted by Gasteiger charge is -1.98. The third kappa shape index (κ3) is 2.75. The summed E-state index contributed by atoms with van der Waals surface area (Å²) in [7, 11) is 0. The van der Waals surface area contributed by atoms with Crippen molar-refractivity contribution in [3.63, 3.8) is 0 Å². The number of hydrogen-bond donors (Lipinski definition) is 0. The van der Waals surface area contributed by atoms with Crippen LogP contribution in [0.5, 0.6) is 0 Å². The van der Waals surface area contributed by atoms with E-state index in [0.717, 1.165) is 18.2 Å². The van der Waals surface area contributed by atoms with Crippen LogP contribution in [-0.4, -0.2) is 4.98 Å². The second-order valence-corrected chi connectivity index (χ2v) is 5.29. The number of thiazole rings is 1. The maximum Gasteiger partial charge on any atom is 0.159 e. The van der Waals surface area contributed by atoms with Gasteiger partial charge in [-0.3, -0.25) is 0 Å². The zero-order valence-electron chi connectivity index (χ0n) is 10.5. The van der Waals surface area contributed by atoms with Gasteiger partial charge >= 0.3 is 0 Å². The zero-order valence-corrected chi connectivity index (χ0v) is 11.3. The molecular weight excluding hydrogens is 276 g/mol. The molecule has 100 valence electrons. The van der Waals surface area contributed by atoms with Crippen molar-refractivity contribution in [3.8, 4) is 10.6 Å². The maximum absolute atomic E-state index is 13.2. The Morgan fingerprint density at radius 1 is 0.950 bits per heavy atom. The molecule has 4 heteroatoms. The molecule has 3 rings (SSSR count). The molecule has 0 fully saturated rings. The summed E-state index contributed by atoms with van der Waals surface area (Å²) < 4.78 is 26.1. The summed E-state index contributed by atoms with van der Waals surface area (Å²) in [6.07, 6.45) is 0.737. The number of hydrogen-bond acceptors (Lipinski definition) is 2. The van der Waals surface area contributed by atoms with E-state index in [9.17, 15) is 8.78 Å². The first-order valence-corrected chi connectivity index (χ1v) is 7.04. The molecule has 0 aliphatic rings. The van der Waals surface area contributed by atoms with Crippen LogP contribution in [0.25, 0.3) is 10.6 Å². The fraction of sp³-hybridized carbons (Fsp3) is 0.0625. The van der Waals surface area contributed by atoms with Crippen molar-refractivity contribution < 1.29 is 8.78 Å². The summed E-state index contributed by atoms with van der Waals surface area (Å²) in [5, 5.41) is 2.65. The topological polar surface area (TPSA) is 12.9 Å². The summed E-state index contributed by atoms with van der Waals surface area (Å²) in [6.45, 7) is 0. The van der Waals surface area contributed by atoms with E-state index >= 15 is 0 Å². The molecule has 1 aromatic heterocycles. The standard InChI is InChI=1S/C16H11F2NS/c17-14-7-6-12(9-15(14)18)16-19-13(10-20-16)8-11-4-2-1-3-5-11/h1-7,9-10H,8H2. The predicted molar refractivity (Wildman–Crippen MR) is 76.7 cm³/mol. The molecule has 0 saturated heterocycles. The van der Waals surface area contributed by atoms with E-state index in [4.69, 9.17) is 0 Å². The van der Waals surface area contributed by atoms with Crippen LogP contribution < -0.4 is 0 Å². The van der Waals surface area contributed by atoms with E-state index in [-0.39, 0.29) is 0 Å². The quantitative estimate of drug-likeness (QED) is 0.681. The first-order valence-electron chi connectivity index (χ1n) is 6.16. The minimum absolute atomic E-state index is 0.605. The third-order valence-corrected chi connectivity index (χ3v) is 3.89. The highest BCUT2D eigenvalue weighted by atomic mass is 32.1. The smallest absolute Gasteiger partial charge is 0.159 e. The molecule has 0 aliphatic carbocycles. The first kappa shape index (κ1) is 12.9. The molecule has 0 bridgehead atoms. The fourth-order valence-electron chi connectivity index (χ4n) is 1.95. The molecule has 20 heavy (non-hydrogen) atoms. The molecule has 0 atom stereocenters. The van der Waals surface area contributed by atoms with Gasteiger partial charge in [-0.25, -0.2) is 13.8 Å². The van der Waals surface area contributed by atoms with Crippen LogP contribution in [0.4, 0.5) is 8.78 Å². The Labute approximate surface area is 119 Å². The maximum atomic E-state index is 13.2. The third-order valence-electron chi connectivity index (χ3n) is 2.95. The lowest BCUT2D eigenvalue weighted by molar-refractivity contribution is 0.509. The molecular formula is C16H11F2NS. The van der Waals surface area contributed by atoms with E-state index in [1.807, 2.05) is 35.7 Å². The average Bonchev–Trinajstić information content (AvgIpc) is 2.91. The lowest BCUT2D eigenvalue weighted by Crippen LogP contribution is -1.89. The van der Waals surface area contributed by atoms with Crippen molar-refractivity contribution in [2.75, 3.05) is 0 Å². The number of benzene rings is 2. The van der Waals surface area contributed by atoms with Crippen LogP contribution in [0.2, 0.25) is 0 Å². The van der Waals surface area contributed by atoms with Gasteiger partial charge in [0.05, 0.1) is 5.69 Å². The molecule has 0 N–H and O–H groups in total. The van der Waals surface area contributed by atoms with Gasteiger partial charge in [-0.05, 0) is 23.8 Å². The predicted octanol–water partition coefficient (Wildman–Crippen LogP) is 4.68. The number of rotatable bonds is 3. The first-order chi connectivity index (χ1) is 9.72. The van der Waals surface area contributed by atoms with E-state index in [1.54, 1.807) is 6.07 Å². The molecule has 0 spiro atoms. The summed E-state index contributed by atoms with van der Waals surface area (Å²) in [5.74, 6) is -1.68. The largest absolute Gasteiger partial charge is 0.241 e. The Balaban J connectivity index is 1.84. The van der Waals surface area contributed by atoms with Crippen LogP contribution in [0, 0.1) is 11.6 Å². The van der Waals surface area contributed by atoms with Crippen molar-refractivity contribution in [1.82, 2.24) is 4.98 Å². The monoisotopic (exact) mass is 287 g/mol. The SMILES string of the molecule is Fc1ccc(-c2nc(Cc3ccccc3)cs2)cc1F. The van der Waals surface area contributed by atoms with Gasteiger partial charge in [-0.15, -0.1) is 11.3 Å². The van der Waals surface area contributed by atoms with Crippen LogP contribution >= 0.6 is 11.3 Å². The van der Waals surface area contributed by atoms with E-state index in [2.05, 4.69) is 4.98 Å². The van der Waals surface area contributed by atoms with Gasteiger partial charge in [0.25, 0.3) is 0 Å². The molecule has 0 unspecified atom stereocenters. The van der Waals surface area contributed by atoms with Gasteiger partial charge < -0.3 is 0 Å². The van der Waals surface area contributed by atoms with E-state index in [0.29, 0.717) is 10.6 Å². The minimum atomic E-state index is -0.845. The second kappa shape index (κ2) is 5.51. The van der Waals surface area contributed by atoms with Crippen molar-refractivity contribution in [3.05, 3.63) is 76.8 Å². The molecule has 0 aliphatic heterocycles. The summed E-state index contributed by atoms with van der Waals surface area (Å²) in [6, 6.07) is 13.9. The van der Waals surface area contributed by atoms with Crippen molar-refractivity contribution in [2.24, 2.45) is 0 Å². The number of nitrogens with zero attached hydrogens (tertiary/aromatic N) is 1. The number of halogens is 2. The van der Waals surface area contributed by atoms with Crippen molar-refractivity contribution in [2.45, 2.75) is 6.42 Å². The van der Waals surface area contributed by atoms with E-state index in [1.165, 1.54) is 23.0 Å². The summed E-state index contributed by atoms with van der Waals surface area (Å²) >= 11 is 1.44. The van der Waals surface area contributed by atoms with Crippen molar-refractivity contribution >= 4 is 11.3 Å². The van der Waals surface area contributed by atoms with Crippen molar-refractivity contribution in [1.29, 1.82) is 0 Å². The van der Waals surface area contributed by atoms with Gasteiger partial charge in [-0.1, -0.05) is 30.3 Å². The van der Waals surface area contributed by atoms with Gasteiger partial charge in [0.15, 0.2) is 11.6 Å². The molecule has 1 nitrogen and oxygen atoms in total. The molecule has 1 heterocycles. The van der Waals surface area contributed by atoms with Gasteiger partial charge in [0.1, 0.15) is 5.01 Å². The van der Waals surface area contributed by atoms with Crippen LogP contribution in [0.1, 0.15) is 11.3 Å². The Bertz CT molecular complexity index is 722. The zero-order chi connectivity index (χ0) is 13.9. The van der Waals surface area contributed by atoms with Gasteiger partial charge in [-0.2, -0.15) is 0 Å². The summed E-state index contributed by atoms with van der Waals surface area (Å²) in [4.78, 5) is 4.48. The molecule has 0 saturated carbocycles. The normalized spacial score (nSPS) is 10.7. The highest BCUT2D eigenvalue weighted by molar-refractivity contribution is 7.13. The van der Waals surface area contributed by atoms with Gasteiger partial charge in [0.2, 0.25) is 0 Å². The van der Waals surface area contributed by atoms with Crippen LogP contribution in [-0.2, 0) is 6.42 Å². The average molecular weight is 287 g/mol. The Hall–Kier alpha value is -2.07. The van der Waals surface area contributed by atoms with E-state index < -0.39 is 11.6 Å². The highest BCUT2D eigenvalue weighted by Crippen LogP contribution is 2.26. The molecule has 3 aromatic rings. The molecule has 2 aromatic carbocycles. The highest BCUT2D eigenvalue weighted by Gasteiger charge is 2.08. The summed E-state index contributed by atoms with van der Waals surface area (Å²) in [5.41, 5.74) is 2.71. The molecule has 0 amide bonds. The Kier molecular flexibility index (Phi) is 3.56. The molecule has 0 radical (unpaired) electrons. The second-order valence-electron chi connectivity index (χ2n) is 4.44. The van der Waals surface area contributed by atoms with Crippen LogP contribution in [0.3, 0.4) is 0 Å².